The van der Waals surface area contributed by atoms with E-state index in [4.69, 9.17) is 23.2 Å². The van der Waals surface area contributed by atoms with Crippen molar-refractivity contribution >= 4 is 34.2 Å². The van der Waals surface area contributed by atoms with Crippen molar-refractivity contribution in [2.45, 2.75) is 6.54 Å². The van der Waals surface area contributed by atoms with Gasteiger partial charge < -0.3 is 4.98 Å². The molecule has 0 saturated heterocycles. The van der Waals surface area contributed by atoms with Gasteiger partial charge in [0.1, 0.15) is 5.82 Å². The average Bonchev–Trinajstić information content (AvgIpc) is 2.89. The Morgan fingerprint density at radius 1 is 1.24 bits per heavy atom. The van der Waals surface area contributed by atoms with Gasteiger partial charge in [-0.15, -0.1) is 0 Å². The number of fused-ring (bicyclic) bond motifs is 1. The zero-order valence-electron chi connectivity index (χ0n) is 8.69. The molecule has 2 heterocycles. The number of benzene rings is 1. The molecule has 3 aromatic rings. The number of rotatable bonds is 2. The Labute approximate surface area is 107 Å². The van der Waals surface area contributed by atoms with Crippen LogP contribution in [0.5, 0.6) is 0 Å². The second kappa shape index (κ2) is 4.05. The average molecular weight is 267 g/mol. The lowest BCUT2D eigenvalue weighted by Crippen LogP contribution is -2.01. The quantitative estimate of drug-likeness (QED) is 0.775. The predicted molar refractivity (Wildman–Crippen MR) is 67.4 cm³/mol. The summed E-state index contributed by atoms with van der Waals surface area (Å²) in [5.74, 6) is 0.821. The highest BCUT2D eigenvalue weighted by molar-refractivity contribution is 6.42. The number of nitrogens with zero attached hydrogens (tertiary/aromatic N) is 3. The van der Waals surface area contributed by atoms with Gasteiger partial charge in [-0.3, -0.25) is 4.68 Å². The van der Waals surface area contributed by atoms with Crippen molar-refractivity contribution in [2.75, 3.05) is 0 Å². The molecule has 6 heteroatoms. The van der Waals surface area contributed by atoms with Crippen LogP contribution >= 0.6 is 23.2 Å². The number of aromatic nitrogens is 4. The Morgan fingerprint density at radius 3 is 2.82 bits per heavy atom. The number of hydrogen-bond donors (Lipinski definition) is 1. The summed E-state index contributed by atoms with van der Waals surface area (Å²) in [6.07, 6.45) is 3.61. The van der Waals surface area contributed by atoms with E-state index in [1.807, 2.05) is 12.3 Å². The van der Waals surface area contributed by atoms with Crippen LogP contribution in [0.4, 0.5) is 0 Å². The van der Waals surface area contributed by atoms with E-state index < -0.39 is 0 Å². The summed E-state index contributed by atoms with van der Waals surface area (Å²) in [5, 5.41) is 5.15. The molecule has 1 N–H and O–H groups in total. The lowest BCUT2D eigenvalue weighted by Gasteiger charge is -1.95. The first-order valence-electron chi connectivity index (χ1n) is 5.03. The van der Waals surface area contributed by atoms with Gasteiger partial charge in [0.2, 0.25) is 0 Å². The Morgan fingerprint density at radius 2 is 2.06 bits per heavy atom. The van der Waals surface area contributed by atoms with E-state index in [0.29, 0.717) is 16.6 Å². The molecular weight excluding hydrogens is 259 g/mol. The van der Waals surface area contributed by atoms with Gasteiger partial charge in [-0.2, -0.15) is 5.10 Å². The molecule has 0 amide bonds. The number of hydrogen-bond acceptors (Lipinski definition) is 2. The Bertz CT molecular complexity index is 618. The molecule has 86 valence electrons. The molecule has 0 atom stereocenters. The van der Waals surface area contributed by atoms with Crippen molar-refractivity contribution in [3.8, 4) is 0 Å². The summed E-state index contributed by atoms with van der Waals surface area (Å²) in [5.41, 5.74) is 1.68. The number of imidazole rings is 1. The van der Waals surface area contributed by atoms with Crippen LogP contribution < -0.4 is 0 Å². The van der Waals surface area contributed by atoms with Crippen LogP contribution in [0, 0.1) is 0 Å². The number of halogens is 2. The Kier molecular flexibility index (Phi) is 2.53. The largest absolute Gasteiger partial charge is 0.340 e. The van der Waals surface area contributed by atoms with E-state index in [1.165, 1.54) is 0 Å². The molecule has 4 nitrogen and oxygen atoms in total. The van der Waals surface area contributed by atoms with Crippen LogP contribution in [0.1, 0.15) is 5.82 Å². The zero-order valence-corrected chi connectivity index (χ0v) is 10.2. The maximum absolute atomic E-state index is 5.94. The van der Waals surface area contributed by atoms with Crippen molar-refractivity contribution in [1.82, 2.24) is 19.7 Å². The maximum atomic E-state index is 5.94. The number of H-pyrrole nitrogens is 1. The lowest BCUT2D eigenvalue weighted by molar-refractivity contribution is 0.663. The molecule has 0 radical (unpaired) electrons. The van der Waals surface area contributed by atoms with Gasteiger partial charge in [-0.1, -0.05) is 23.2 Å². The van der Waals surface area contributed by atoms with E-state index in [2.05, 4.69) is 15.1 Å². The van der Waals surface area contributed by atoms with Gasteiger partial charge in [0, 0.05) is 12.4 Å². The predicted octanol–water partition coefficient (Wildman–Crippen LogP) is 3.11. The van der Waals surface area contributed by atoms with E-state index in [0.717, 1.165) is 16.9 Å². The molecule has 2 aromatic heterocycles. The SMILES string of the molecule is Clc1cc2nc(Cn3cccn3)[nH]c2cc1Cl. The third-order valence-corrected chi connectivity index (χ3v) is 3.17. The van der Waals surface area contributed by atoms with Gasteiger partial charge in [0.05, 0.1) is 27.6 Å². The molecule has 0 bridgehead atoms. The molecule has 0 fully saturated rings. The second-order valence-electron chi connectivity index (χ2n) is 3.67. The van der Waals surface area contributed by atoms with Crippen molar-refractivity contribution in [2.24, 2.45) is 0 Å². The Balaban J connectivity index is 2.02. The molecule has 0 aliphatic rings. The van der Waals surface area contributed by atoms with Crippen LogP contribution in [0.2, 0.25) is 10.0 Å². The standard InChI is InChI=1S/C11H8Cl2N4/c12-7-4-9-10(5-8(7)13)16-11(15-9)6-17-3-1-2-14-17/h1-5H,6H2,(H,15,16). The third-order valence-electron chi connectivity index (χ3n) is 2.44. The summed E-state index contributed by atoms with van der Waals surface area (Å²) in [7, 11) is 0. The first-order chi connectivity index (χ1) is 8.22. The van der Waals surface area contributed by atoms with E-state index in [1.54, 1.807) is 23.0 Å². The van der Waals surface area contributed by atoms with Crippen LogP contribution in [0.3, 0.4) is 0 Å². The number of nitrogens with one attached hydrogen (secondary N) is 1. The molecule has 0 unspecified atom stereocenters. The maximum Gasteiger partial charge on any atom is 0.129 e. The van der Waals surface area contributed by atoms with Crippen molar-refractivity contribution < 1.29 is 0 Å². The van der Waals surface area contributed by atoms with Crippen LogP contribution in [-0.2, 0) is 6.54 Å². The topological polar surface area (TPSA) is 46.5 Å². The fourth-order valence-electron chi connectivity index (χ4n) is 1.68. The second-order valence-corrected chi connectivity index (χ2v) is 4.49. The normalized spacial score (nSPS) is 11.2. The smallest absolute Gasteiger partial charge is 0.129 e. The Hall–Kier alpha value is -1.52. The molecule has 3 rings (SSSR count). The fourth-order valence-corrected chi connectivity index (χ4v) is 2.00. The summed E-state index contributed by atoms with van der Waals surface area (Å²) in [4.78, 5) is 7.62. The highest BCUT2D eigenvalue weighted by Crippen LogP contribution is 2.26. The minimum absolute atomic E-state index is 0.510. The molecule has 1 aromatic carbocycles. The first kappa shape index (κ1) is 10.6. The zero-order chi connectivity index (χ0) is 11.8. The molecule has 0 aliphatic carbocycles. The highest BCUT2D eigenvalue weighted by atomic mass is 35.5. The molecule has 0 spiro atoms. The van der Waals surface area contributed by atoms with Crippen LogP contribution in [-0.4, -0.2) is 19.7 Å². The minimum Gasteiger partial charge on any atom is -0.340 e. The minimum atomic E-state index is 0.510. The van der Waals surface area contributed by atoms with Gasteiger partial charge in [-0.25, -0.2) is 4.98 Å². The van der Waals surface area contributed by atoms with E-state index in [-0.39, 0.29) is 0 Å². The lowest BCUT2D eigenvalue weighted by atomic mass is 10.3. The first-order valence-corrected chi connectivity index (χ1v) is 5.79. The van der Waals surface area contributed by atoms with Gasteiger partial charge in [-0.05, 0) is 18.2 Å². The summed E-state index contributed by atoms with van der Waals surface area (Å²) < 4.78 is 1.79. The van der Waals surface area contributed by atoms with E-state index >= 15 is 0 Å². The van der Waals surface area contributed by atoms with Gasteiger partial charge in [0.15, 0.2) is 0 Å². The highest BCUT2D eigenvalue weighted by Gasteiger charge is 2.07. The van der Waals surface area contributed by atoms with Crippen LogP contribution in [0.25, 0.3) is 11.0 Å². The van der Waals surface area contributed by atoms with Crippen molar-refractivity contribution in [3.05, 3.63) is 46.5 Å². The molecule has 0 aliphatic heterocycles. The monoisotopic (exact) mass is 266 g/mol. The number of aromatic amines is 1. The van der Waals surface area contributed by atoms with Gasteiger partial charge in [0.25, 0.3) is 0 Å². The molecule has 17 heavy (non-hydrogen) atoms. The molecular formula is C11H8Cl2N4. The molecule has 0 saturated carbocycles. The summed E-state index contributed by atoms with van der Waals surface area (Å²) in [6.45, 7) is 0.594. The van der Waals surface area contributed by atoms with Gasteiger partial charge >= 0.3 is 0 Å². The summed E-state index contributed by atoms with van der Waals surface area (Å²) in [6, 6.07) is 5.40. The van der Waals surface area contributed by atoms with E-state index in [9.17, 15) is 0 Å². The fraction of sp³-hybridized carbons (Fsp3) is 0.0909. The van der Waals surface area contributed by atoms with Crippen LogP contribution in [0.15, 0.2) is 30.6 Å². The van der Waals surface area contributed by atoms with Crippen molar-refractivity contribution in [3.63, 3.8) is 0 Å². The van der Waals surface area contributed by atoms with Crippen molar-refractivity contribution in [1.29, 1.82) is 0 Å². The third kappa shape index (κ3) is 2.01. The summed E-state index contributed by atoms with van der Waals surface area (Å²) >= 11 is 11.9.